The fraction of sp³-hybridized carbons (Fsp3) is 0.455. The smallest absolute Gasteiger partial charge is 0.350 e. The first kappa shape index (κ1) is 12.1. The molecular formula is C11H13NO4S. The molecule has 1 atom stereocenters. The minimum atomic E-state index is -0.442. The van der Waals surface area contributed by atoms with E-state index in [-0.39, 0.29) is 5.91 Å². The van der Waals surface area contributed by atoms with Crippen LogP contribution in [0.2, 0.25) is 0 Å². The molecule has 2 rings (SSSR count). The van der Waals surface area contributed by atoms with Crippen LogP contribution in [0.1, 0.15) is 22.5 Å². The number of methoxy groups -OCH3 is 1. The van der Waals surface area contributed by atoms with E-state index in [2.05, 4.69) is 10.1 Å². The summed E-state index contributed by atoms with van der Waals surface area (Å²) in [6.45, 7) is 0.617. The second kappa shape index (κ2) is 5.29. The van der Waals surface area contributed by atoms with E-state index < -0.39 is 12.1 Å². The predicted octanol–water partition coefficient (Wildman–Crippen LogP) is 1.65. The van der Waals surface area contributed by atoms with Crippen molar-refractivity contribution in [1.29, 1.82) is 0 Å². The molecule has 1 amide bonds. The first-order valence-electron chi connectivity index (χ1n) is 5.30. The molecule has 0 unspecified atom stereocenters. The standard InChI is InChI=1S/C11H13NO4S/c1-15-11(14)9-7(4-6-17-9)12-10(13)8-3-2-5-16-8/h4,6,8H,2-3,5H2,1H3,(H,12,13)/t8-/m1/s1. The zero-order valence-electron chi connectivity index (χ0n) is 9.39. The minimum absolute atomic E-state index is 0.203. The Morgan fingerprint density at radius 2 is 2.41 bits per heavy atom. The van der Waals surface area contributed by atoms with Gasteiger partial charge in [-0.2, -0.15) is 0 Å². The first-order valence-corrected chi connectivity index (χ1v) is 6.18. The SMILES string of the molecule is COC(=O)c1sccc1NC(=O)[C@H]1CCCO1. The van der Waals surface area contributed by atoms with Crippen molar-refractivity contribution < 1.29 is 19.1 Å². The Morgan fingerprint density at radius 1 is 1.59 bits per heavy atom. The fourth-order valence-corrected chi connectivity index (χ4v) is 2.42. The summed E-state index contributed by atoms with van der Waals surface area (Å²) in [6.07, 6.45) is 1.22. The highest BCUT2D eigenvalue weighted by atomic mass is 32.1. The summed E-state index contributed by atoms with van der Waals surface area (Å²) in [4.78, 5) is 23.6. The van der Waals surface area contributed by atoms with Gasteiger partial charge in [0.2, 0.25) is 0 Å². The highest BCUT2D eigenvalue weighted by molar-refractivity contribution is 7.12. The Hall–Kier alpha value is -1.40. The molecule has 1 aromatic rings. The first-order chi connectivity index (χ1) is 8.22. The molecule has 0 aromatic carbocycles. The van der Waals surface area contributed by atoms with Gasteiger partial charge in [0, 0.05) is 6.61 Å². The quantitative estimate of drug-likeness (QED) is 0.834. The van der Waals surface area contributed by atoms with Gasteiger partial charge in [-0.1, -0.05) is 0 Å². The van der Waals surface area contributed by atoms with E-state index in [0.29, 0.717) is 17.2 Å². The van der Waals surface area contributed by atoms with E-state index in [4.69, 9.17) is 4.74 Å². The zero-order valence-corrected chi connectivity index (χ0v) is 10.2. The summed E-state index contributed by atoms with van der Waals surface area (Å²) in [5.74, 6) is -0.645. The molecule has 1 saturated heterocycles. The van der Waals surface area contributed by atoms with Crippen LogP contribution in [0, 0.1) is 0 Å². The molecule has 0 bridgehead atoms. The van der Waals surface area contributed by atoms with Crippen LogP contribution >= 0.6 is 11.3 Å². The van der Waals surface area contributed by atoms with Gasteiger partial charge in [0.05, 0.1) is 12.8 Å². The maximum absolute atomic E-state index is 11.8. The molecule has 0 aliphatic carbocycles. The highest BCUT2D eigenvalue weighted by Crippen LogP contribution is 2.24. The average molecular weight is 255 g/mol. The number of hydrogen-bond acceptors (Lipinski definition) is 5. The van der Waals surface area contributed by atoms with E-state index >= 15 is 0 Å². The van der Waals surface area contributed by atoms with Crippen LogP contribution in [-0.2, 0) is 14.3 Å². The maximum Gasteiger partial charge on any atom is 0.350 e. The molecule has 6 heteroatoms. The van der Waals surface area contributed by atoms with E-state index in [1.54, 1.807) is 11.4 Å². The second-order valence-corrected chi connectivity index (χ2v) is 4.56. The number of rotatable bonds is 3. The van der Waals surface area contributed by atoms with Gasteiger partial charge in [-0.25, -0.2) is 4.79 Å². The van der Waals surface area contributed by atoms with Crippen LogP contribution in [0.3, 0.4) is 0 Å². The molecule has 17 heavy (non-hydrogen) atoms. The van der Waals surface area contributed by atoms with Crippen molar-refractivity contribution in [2.75, 3.05) is 19.0 Å². The van der Waals surface area contributed by atoms with Crippen LogP contribution in [-0.4, -0.2) is 31.7 Å². The molecule has 1 aliphatic rings. The van der Waals surface area contributed by atoms with Crippen LogP contribution in [0.4, 0.5) is 5.69 Å². The lowest BCUT2D eigenvalue weighted by Gasteiger charge is -2.10. The van der Waals surface area contributed by atoms with E-state index in [9.17, 15) is 9.59 Å². The van der Waals surface area contributed by atoms with Gasteiger partial charge in [0.1, 0.15) is 11.0 Å². The van der Waals surface area contributed by atoms with Crippen molar-refractivity contribution in [3.05, 3.63) is 16.3 Å². The Balaban J connectivity index is 2.05. The summed E-state index contributed by atoms with van der Waals surface area (Å²) in [7, 11) is 1.31. The van der Waals surface area contributed by atoms with Crippen LogP contribution in [0.15, 0.2) is 11.4 Å². The van der Waals surface area contributed by atoms with Crippen LogP contribution in [0.25, 0.3) is 0 Å². The monoisotopic (exact) mass is 255 g/mol. The third-order valence-corrected chi connectivity index (χ3v) is 3.41. The van der Waals surface area contributed by atoms with Crippen LogP contribution < -0.4 is 5.32 Å². The Bertz CT molecular complexity index is 423. The van der Waals surface area contributed by atoms with Crippen LogP contribution in [0.5, 0.6) is 0 Å². The number of anilines is 1. The lowest BCUT2D eigenvalue weighted by molar-refractivity contribution is -0.124. The lowest BCUT2D eigenvalue weighted by atomic mass is 10.2. The zero-order chi connectivity index (χ0) is 12.3. The topological polar surface area (TPSA) is 64.6 Å². The molecule has 92 valence electrons. The number of thiophene rings is 1. The van der Waals surface area contributed by atoms with E-state index in [1.165, 1.54) is 18.4 Å². The fourth-order valence-electron chi connectivity index (χ4n) is 1.66. The van der Waals surface area contributed by atoms with Gasteiger partial charge in [-0.15, -0.1) is 11.3 Å². The van der Waals surface area contributed by atoms with Crippen molar-refractivity contribution in [2.24, 2.45) is 0 Å². The molecule has 5 nitrogen and oxygen atoms in total. The number of nitrogens with one attached hydrogen (secondary N) is 1. The predicted molar refractivity (Wildman–Crippen MR) is 63.3 cm³/mol. The van der Waals surface area contributed by atoms with Gasteiger partial charge in [0.15, 0.2) is 0 Å². The summed E-state index contributed by atoms with van der Waals surface area (Å²) in [5.41, 5.74) is 0.488. The number of carbonyl (C=O) groups is 2. The molecule has 1 aliphatic heterocycles. The van der Waals surface area contributed by atoms with Gasteiger partial charge in [0.25, 0.3) is 5.91 Å². The van der Waals surface area contributed by atoms with Crippen molar-refractivity contribution in [2.45, 2.75) is 18.9 Å². The summed E-state index contributed by atoms with van der Waals surface area (Å²) in [6, 6.07) is 1.68. The van der Waals surface area contributed by atoms with Crippen molar-refractivity contribution in [3.63, 3.8) is 0 Å². The average Bonchev–Trinajstić information content (AvgIpc) is 2.98. The molecule has 2 heterocycles. The molecule has 0 radical (unpaired) electrons. The number of esters is 1. The van der Waals surface area contributed by atoms with E-state index in [1.807, 2.05) is 0 Å². The highest BCUT2D eigenvalue weighted by Gasteiger charge is 2.25. The molecule has 1 N–H and O–H groups in total. The summed E-state index contributed by atoms with van der Waals surface area (Å²) in [5, 5.41) is 4.43. The third-order valence-electron chi connectivity index (χ3n) is 2.52. The summed E-state index contributed by atoms with van der Waals surface area (Å²) < 4.78 is 9.90. The molecular weight excluding hydrogens is 242 g/mol. The van der Waals surface area contributed by atoms with Crippen molar-refractivity contribution in [3.8, 4) is 0 Å². The molecule has 0 spiro atoms. The number of amides is 1. The van der Waals surface area contributed by atoms with Crippen molar-refractivity contribution in [1.82, 2.24) is 0 Å². The normalized spacial score (nSPS) is 19.0. The second-order valence-electron chi connectivity index (χ2n) is 3.65. The minimum Gasteiger partial charge on any atom is -0.465 e. The lowest BCUT2D eigenvalue weighted by Crippen LogP contribution is -2.27. The van der Waals surface area contributed by atoms with Gasteiger partial charge >= 0.3 is 5.97 Å². The van der Waals surface area contributed by atoms with Gasteiger partial charge in [-0.05, 0) is 24.3 Å². The Morgan fingerprint density at radius 3 is 3.06 bits per heavy atom. The van der Waals surface area contributed by atoms with Gasteiger partial charge < -0.3 is 14.8 Å². The Kier molecular flexibility index (Phi) is 3.75. The largest absolute Gasteiger partial charge is 0.465 e. The number of carbonyl (C=O) groups excluding carboxylic acids is 2. The third kappa shape index (κ3) is 2.65. The maximum atomic E-state index is 11.8. The summed E-state index contributed by atoms with van der Waals surface area (Å²) >= 11 is 1.24. The molecule has 1 fully saturated rings. The van der Waals surface area contributed by atoms with Gasteiger partial charge in [-0.3, -0.25) is 4.79 Å². The number of ether oxygens (including phenoxy) is 2. The van der Waals surface area contributed by atoms with E-state index in [0.717, 1.165) is 12.8 Å². The molecule has 0 saturated carbocycles. The number of hydrogen-bond donors (Lipinski definition) is 1. The van der Waals surface area contributed by atoms with Crippen molar-refractivity contribution >= 4 is 28.9 Å². The molecule has 1 aromatic heterocycles. The Labute approximate surface area is 103 Å².